The van der Waals surface area contributed by atoms with Crippen LogP contribution >= 0.6 is 23.4 Å². The zero-order valence-electron chi connectivity index (χ0n) is 13.5. The predicted molar refractivity (Wildman–Crippen MR) is 103 cm³/mol. The molecule has 3 aromatic rings. The summed E-state index contributed by atoms with van der Waals surface area (Å²) in [6.07, 6.45) is 1.60. The maximum atomic E-state index is 12.2. The van der Waals surface area contributed by atoms with E-state index in [4.69, 9.17) is 16.0 Å². The molecule has 1 heterocycles. The van der Waals surface area contributed by atoms with E-state index in [0.717, 1.165) is 16.9 Å². The summed E-state index contributed by atoms with van der Waals surface area (Å²) in [7, 11) is 0. The summed E-state index contributed by atoms with van der Waals surface area (Å²) >= 11 is 7.59. The van der Waals surface area contributed by atoms with Gasteiger partial charge in [-0.15, -0.1) is 11.8 Å². The zero-order valence-corrected chi connectivity index (χ0v) is 15.1. The maximum absolute atomic E-state index is 12.2. The number of thioether (sulfide) groups is 1. The van der Waals surface area contributed by atoms with Gasteiger partial charge in [0.1, 0.15) is 5.76 Å². The lowest BCUT2D eigenvalue weighted by Crippen LogP contribution is -2.24. The number of halogens is 1. The molecule has 0 spiro atoms. The van der Waals surface area contributed by atoms with Crippen LogP contribution in [0.25, 0.3) is 0 Å². The Hall–Kier alpha value is -2.17. The van der Waals surface area contributed by atoms with Crippen molar-refractivity contribution < 1.29 is 9.21 Å². The first-order valence-corrected chi connectivity index (χ1v) is 9.36. The quantitative estimate of drug-likeness (QED) is 0.630. The largest absolute Gasteiger partial charge is 0.467 e. The minimum absolute atomic E-state index is 0.0173. The lowest BCUT2D eigenvalue weighted by molar-refractivity contribution is -0.118. The van der Waals surface area contributed by atoms with Crippen LogP contribution in [0.5, 0.6) is 0 Å². The van der Waals surface area contributed by atoms with Gasteiger partial charge >= 0.3 is 0 Å². The molecule has 0 aliphatic carbocycles. The van der Waals surface area contributed by atoms with Crippen LogP contribution in [0.15, 0.2) is 77.4 Å². The van der Waals surface area contributed by atoms with Crippen molar-refractivity contribution in [3.8, 4) is 0 Å². The van der Waals surface area contributed by atoms with Gasteiger partial charge in [0, 0.05) is 5.02 Å². The van der Waals surface area contributed by atoms with Crippen LogP contribution in [-0.4, -0.2) is 11.7 Å². The van der Waals surface area contributed by atoms with Crippen molar-refractivity contribution in [3.05, 3.63) is 94.9 Å². The standard InChI is InChI=1S/C20H18ClNO2S/c21-17-10-8-16(9-11-17)20(15-5-2-1-3-6-15)25-14-19(23)22-13-18-7-4-12-24-18/h1-12,20H,13-14H2,(H,22,23). The number of amides is 1. The van der Waals surface area contributed by atoms with E-state index in [-0.39, 0.29) is 11.2 Å². The van der Waals surface area contributed by atoms with Crippen LogP contribution in [0.2, 0.25) is 5.02 Å². The second kappa shape index (κ2) is 8.79. The summed E-state index contributed by atoms with van der Waals surface area (Å²) in [5.41, 5.74) is 2.29. The first kappa shape index (κ1) is 17.6. The highest BCUT2D eigenvalue weighted by Gasteiger charge is 2.16. The lowest BCUT2D eigenvalue weighted by Gasteiger charge is -2.17. The third-order valence-electron chi connectivity index (χ3n) is 3.70. The Kier molecular flexibility index (Phi) is 6.20. The first-order valence-electron chi connectivity index (χ1n) is 7.93. The van der Waals surface area contributed by atoms with Gasteiger partial charge in [-0.3, -0.25) is 4.79 Å². The molecule has 1 aromatic heterocycles. The predicted octanol–water partition coefficient (Wildman–Crippen LogP) is 5.07. The number of hydrogen-bond acceptors (Lipinski definition) is 3. The van der Waals surface area contributed by atoms with Gasteiger partial charge in [-0.05, 0) is 35.4 Å². The van der Waals surface area contributed by atoms with E-state index in [9.17, 15) is 4.79 Å². The number of rotatable bonds is 7. The maximum Gasteiger partial charge on any atom is 0.230 e. The summed E-state index contributed by atoms with van der Waals surface area (Å²) in [4.78, 5) is 12.2. The van der Waals surface area contributed by atoms with E-state index < -0.39 is 0 Å². The molecule has 3 rings (SSSR count). The molecule has 1 unspecified atom stereocenters. The molecule has 5 heteroatoms. The molecule has 0 saturated carbocycles. The second-order valence-electron chi connectivity index (χ2n) is 5.51. The average molecular weight is 372 g/mol. The number of carbonyl (C=O) groups is 1. The van der Waals surface area contributed by atoms with Gasteiger partial charge in [-0.25, -0.2) is 0 Å². The molecule has 3 nitrogen and oxygen atoms in total. The highest BCUT2D eigenvalue weighted by molar-refractivity contribution is 8.00. The van der Waals surface area contributed by atoms with E-state index in [1.807, 2.05) is 54.6 Å². The fourth-order valence-electron chi connectivity index (χ4n) is 2.46. The van der Waals surface area contributed by atoms with Gasteiger partial charge in [0.25, 0.3) is 0 Å². The number of nitrogens with one attached hydrogen (secondary N) is 1. The number of benzene rings is 2. The Morgan fingerprint density at radius 1 is 1.00 bits per heavy atom. The van der Waals surface area contributed by atoms with Crippen molar-refractivity contribution in [1.82, 2.24) is 5.32 Å². The molecule has 0 aliphatic heterocycles. The average Bonchev–Trinajstić information content (AvgIpc) is 3.16. The van der Waals surface area contributed by atoms with E-state index in [2.05, 4.69) is 17.4 Å². The molecule has 0 fully saturated rings. The van der Waals surface area contributed by atoms with Crippen molar-refractivity contribution in [1.29, 1.82) is 0 Å². The second-order valence-corrected chi connectivity index (χ2v) is 7.04. The molecule has 0 radical (unpaired) electrons. The van der Waals surface area contributed by atoms with Crippen molar-refractivity contribution in [2.75, 3.05) is 5.75 Å². The van der Waals surface area contributed by atoms with Gasteiger partial charge in [-0.1, -0.05) is 54.1 Å². The molecule has 1 N–H and O–H groups in total. The van der Waals surface area contributed by atoms with Crippen molar-refractivity contribution in [2.24, 2.45) is 0 Å². The van der Waals surface area contributed by atoms with Gasteiger partial charge in [0.2, 0.25) is 5.91 Å². The molecule has 1 amide bonds. The number of carbonyl (C=O) groups excluding carboxylic acids is 1. The van der Waals surface area contributed by atoms with Crippen molar-refractivity contribution in [2.45, 2.75) is 11.8 Å². The molecule has 128 valence electrons. The van der Waals surface area contributed by atoms with Gasteiger partial charge in [0.05, 0.1) is 23.8 Å². The van der Waals surface area contributed by atoms with Crippen molar-refractivity contribution >= 4 is 29.3 Å². The van der Waals surface area contributed by atoms with E-state index >= 15 is 0 Å². The van der Waals surface area contributed by atoms with Gasteiger partial charge in [-0.2, -0.15) is 0 Å². The molecule has 0 aliphatic rings. The lowest BCUT2D eigenvalue weighted by atomic mass is 10.0. The highest BCUT2D eigenvalue weighted by Crippen LogP contribution is 2.35. The monoisotopic (exact) mass is 371 g/mol. The van der Waals surface area contributed by atoms with E-state index in [1.54, 1.807) is 18.0 Å². The van der Waals surface area contributed by atoms with Crippen LogP contribution in [0, 0.1) is 0 Å². The Morgan fingerprint density at radius 3 is 2.40 bits per heavy atom. The van der Waals surface area contributed by atoms with Crippen LogP contribution in [-0.2, 0) is 11.3 Å². The summed E-state index contributed by atoms with van der Waals surface area (Å²) in [6, 6.07) is 21.6. The minimum Gasteiger partial charge on any atom is -0.467 e. The molecule has 2 aromatic carbocycles. The molecule has 25 heavy (non-hydrogen) atoms. The summed E-state index contributed by atoms with van der Waals surface area (Å²) in [5, 5.41) is 3.66. The summed E-state index contributed by atoms with van der Waals surface area (Å²) in [6.45, 7) is 0.406. The Bertz CT molecular complexity index is 788. The first-order chi connectivity index (χ1) is 12.2. The number of furan rings is 1. The van der Waals surface area contributed by atoms with E-state index in [0.29, 0.717) is 17.3 Å². The summed E-state index contributed by atoms with van der Waals surface area (Å²) in [5.74, 6) is 1.09. The Labute approximate surface area is 156 Å². The van der Waals surface area contributed by atoms with Crippen LogP contribution in [0.4, 0.5) is 0 Å². The Morgan fingerprint density at radius 2 is 1.72 bits per heavy atom. The van der Waals surface area contributed by atoms with Gasteiger partial charge in [0.15, 0.2) is 0 Å². The third kappa shape index (κ3) is 5.15. The fourth-order valence-corrected chi connectivity index (χ4v) is 3.70. The molecule has 1 atom stereocenters. The van der Waals surface area contributed by atoms with Crippen LogP contribution < -0.4 is 5.32 Å². The highest BCUT2D eigenvalue weighted by atomic mass is 35.5. The zero-order chi connectivity index (χ0) is 17.5. The normalized spacial score (nSPS) is 11.9. The molecular formula is C20H18ClNO2S. The SMILES string of the molecule is O=C(CSC(c1ccccc1)c1ccc(Cl)cc1)NCc1ccco1. The van der Waals surface area contributed by atoms with Crippen LogP contribution in [0.3, 0.4) is 0 Å². The smallest absolute Gasteiger partial charge is 0.230 e. The number of hydrogen-bond donors (Lipinski definition) is 1. The van der Waals surface area contributed by atoms with Crippen molar-refractivity contribution in [3.63, 3.8) is 0 Å². The molecule has 0 bridgehead atoms. The summed E-state index contributed by atoms with van der Waals surface area (Å²) < 4.78 is 5.23. The van der Waals surface area contributed by atoms with Gasteiger partial charge < -0.3 is 9.73 Å². The van der Waals surface area contributed by atoms with Crippen LogP contribution in [0.1, 0.15) is 22.1 Å². The Balaban J connectivity index is 1.65. The minimum atomic E-state index is -0.0173. The molecule has 0 saturated heterocycles. The fraction of sp³-hybridized carbons (Fsp3) is 0.150. The molecular weight excluding hydrogens is 354 g/mol. The third-order valence-corrected chi connectivity index (χ3v) is 5.25. The van der Waals surface area contributed by atoms with E-state index in [1.165, 1.54) is 0 Å². The topological polar surface area (TPSA) is 42.2 Å².